The van der Waals surface area contributed by atoms with E-state index in [-0.39, 0.29) is 12.3 Å². The van der Waals surface area contributed by atoms with Gasteiger partial charge in [-0.25, -0.2) is 0 Å². The molecule has 0 unspecified atom stereocenters. The number of amides is 1. The van der Waals surface area contributed by atoms with Crippen LogP contribution in [0.1, 0.15) is 31.5 Å². The topological polar surface area (TPSA) is 56.0 Å². The van der Waals surface area contributed by atoms with Crippen LogP contribution in [-0.4, -0.2) is 10.9 Å². The molecule has 0 aliphatic heterocycles. The van der Waals surface area contributed by atoms with E-state index in [9.17, 15) is 4.79 Å². The van der Waals surface area contributed by atoms with Crippen LogP contribution in [0.15, 0.2) is 18.3 Å². The van der Waals surface area contributed by atoms with Crippen LogP contribution in [0.2, 0.25) is 0 Å². The second-order valence-corrected chi connectivity index (χ2v) is 4.23. The molecule has 1 aromatic heterocycles. The summed E-state index contributed by atoms with van der Waals surface area (Å²) in [6.45, 7) is 4.39. The third-order valence-electron chi connectivity index (χ3n) is 2.24. The molecule has 0 fully saturated rings. The van der Waals surface area contributed by atoms with Crippen molar-refractivity contribution in [2.75, 3.05) is 0 Å². The van der Waals surface area contributed by atoms with Crippen LogP contribution in [0.4, 0.5) is 0 Å². The summed E-state index contributed by atoms with van der Waals surface area (Å²) in [6.07, 6.45) is 4.15. The molecule has 2 N–H and O–H groups in total. The Morgan fingerprint density at radius 1 is 1.47 bits per heavy atom. The number of aromatic nitrogens is 1. The van der Waals surface area contributed by atoms with E-state index >= 15 is 0 Å². The Balaban J connectivity index is 2.52. The van der Waals surface area contributed by atoms with Gasteiger partial charge in [-0.15, -0.1) is 0 Å². The van der Waals surface area contributed by atoms with Gasteiger partial charge in [0.05, 0.1) is 6.42 Å². The highest BCUT2D eigenvalue weighted by molar-refractivity contribution is 5.76. The number of hydrogen-bond donors (Lipinski definition) is 1. The molecule has 1 heterocycles. The number of primary amides is 1. The normalized spacial score (nSPS) is 10.6. The highest BCUT2D eigenvalue weighted by atomic mass is 16.1. The zero-order valence-corrected chi connectivity index (χ0v) is 9.36. The fourth-order valence-corrected chi connectivity index (χ4v) is 1.35. The molecular weight excluding hydrogens is 188 g/mol. The molecule has 0 bridgehead atoms. The minimum absolute atomic E-state index is 0.275. The van der Waals surface area contributed by atoms with E-state index in [4.69, 9.17) is 5.73 Å². The van der Waals surface area contributed by atoms with E-state index in [2.05, 4.69) is 18.8 Å². The van der Waals surface area contributed by atoms with Gasteiger partial charge in [0.2, 0.25) is 5.91 Å². The molecule has 0 radical (unpaired) electrons. The van der Waals surface area contributed by atoms with Gasteiger partial charge in [0.1, 0.15) is 0 Å². The summed E-state index contributed by atoms with van der Waals surface area (Å²) in [7, 11) is 0. The molecule has 82 valence electrons. The van der Waals surface area contributed by atoms with Crippen molar-refractivity contribution in [1.82, 2.24) is 4.98 Å². The van der Waals surface area contributed by atoms with Crippen LogP contribution in [0, 0.1) is 5.92 Å². The zero-order valence-electron chi connectivity index (χ0n) is 9.36. The summed E-state index contributed by atoms with van der Waals surface area (Å²) in [5.41, 5.74) is 7.06. The number of carbonyl (C=O) groups excluding carboxylic acids is 1. The lowest BCUT2D eigenvalue weighted by atomic mass is 10.1. The van der Waals surface area contributed by atoms with E-state index < -0.39 is 0 Å². The number of nitrogens with zero attached hydrogens (tertiary/aromatic N) is 1. The summed E-state index contributed by atoms with van der Waals surface area (Å²) < 4.78 is 0. The molecule has 3 nitrogen and oxygen atoms in total. The van der Waals surface area contributed by atoms with E-state index in [0.29, 0.717) is 5.92 Å². The number of aryl methyl sites for hydroxylation is 1. The predicted molar refractivity (Wildman–Crippen MR) is 60.3 cm³/mol. The van der Waals surface area contributed by atoms with Crippen molar-refractivity contribution in [2.45, 2.75) is 33.1 Å². The lowest BCUT2D eigenvalue weighted by Crippen LogP contribution is -2.13. The van der Waals surface area contributed by atoms with Crippen LogP contribution in [0.25, 0.3) is 0 Å². The molecule has 0 aliphatic rings. The molecule has 0 aromatic carbocycles. The van der Waals surface area contributed by atoms with Crippen LogP contribution >= 0.6 is 0 Å². The van der Waals surface area contributed by atoms with Crippen LogP contribution < -0.4 is 5.73 Å². The van der Waals surface area contributed by atoms with Crippen molar-refractivity contribution in [1.29, 1.82) is 0 Å². The third kappa shape index (κ3) is 4.58. The maximum Gasteiger partial charge on any atom is 0.221 e. The zero-order chi connectivity index (χ0) is 11.3. The van der Waals surface area contributed by atoms with Gasteiger partial charge in [-0.1, -0.05) is 19.9 Å². The monoisotopic (exact) mass is 206 g/mol. The lowest BCUT2D eigenvalue weighted by molar-refractivity contribution is -0.117. The fraction of sp³-hybridized carbons (Fsp3) is 0.500. The SMILES string of the molecule is CC(C)CCc1ccc(CC(N)=O)cn1. The fourth-order valence-electron chi connectivity index (χ4n) is 1.35. The van der Waals surface area contributed by atoms with Gasteiger partial charge in [-0.05, 0) is 30.4 Å². The van der Waals surface area contributed by atoms with Gasteiger partial charge in [0.25, 0.3) is 0 Å². The summed E-state index contributed by atoms with van der Waals surface area (Å²) in [5, 5.41) is 0. The lowest BCUT2D eigenvalue weighted by Gasteiger charge is -2.04. The average Bonchev–Trinajstić information content (AvgIpc) is 2.16. The maximum absolute atomic E-state index is 10.7. The molecule has 0 aliphatic carbocycles. The molecule has 0 atom stereocenters. The van der Waals surface area contributed by atoms with Gasteiger partial charge >= 0.3 is 0 Å². The first-order chi connectivity index (χ1) is 7.08. The summed E-state index contributed by atoms with van der Waals surface area (Å²) in [5.74, 6) is 0.379. The van der Waals surface area contributed by atoms with Crippen molar-refractivity contribution in [3.05, 3.63) is 29.6 Å². The molecule has 15 heavy (non-hydrogen) atoms. The standard InChI is InChI=1S/C12H18N2O/c1-9(2)3-5-11-6-4-10(8-14-11)7-12(13)15/h4,6,8-9H,3,5,7H2,1-2H3,(H2,13,15). The molecule has 1 aromatic rings. The number of hydrogen-bond acceptors (Lipinski definition) is 2. The summed E-state index contributed by atoms with van der Waals surface area (Å²) in [4.78, 5) is 15.0. The summed E-state index contributed by atoms with van der Waals surface area (Å²) in [6, 6.07) is 3.90. The Labute approximate surface area is 90.7 Å². The van der Waals surface area contributed by atoms with Gasteiger partial charge < -0.3 is 5.73 Å². The summed E-state index contributed by atoms with van der Waals surface area (Å²) >= 11 is 0. The van der Waals surface area contributed by atoms with Crippen molar-refractivity contribution in [2.24, 2.45) is 11.7 Å². The molecule has 0 spiro atoms. The maximum atomic E-state index is 10.7. The first-order valence-electron chi connectivity index (χ1n) is 5.30. The second-order valence-electron chi connectivity index (χ2n) is 4.23. The second kappa shape index (κ2) is 5.49. The van der Waals surface area contributed by atoms with E-state index in [1.807, 2.05) is 12.1 Å². The minimum atomic E-state index is -0.313. The molecule has 0 saturated heterocycles. The largest absolute Gasteiger partial charge is 0.369 e. The number of rotatable bonds is 5. The number of carbonyl (C=O) groups is 1. The molecular formula is C12H18N2O. The van der Waals surface area contributed by atoms with Gasteiger partial charge in [-0.2, -0.15) is 0 Å². The average molecular weight is 206 g/mol. The van der Waals surface area contributed by atoms with Crippen LogP contribution in [0.5, 0.6) is 0 Å². The Hall–Kier alpha value is -1.38. The molecule has 1 rings (SSSR count). The first kappa shape index (κ1) is 11.7. The van der Waals surface area contributed by atoms with Crippen molar-refractivity contribution in [3.8, 4) is 0 Å². The Bertz CT molecular complexity index is 317. The van der Waals surface area contributed by atoms with Gasteiger partial charge in [0.15, 0.2) is 0 Å². The highest BCUT2D eigenvalue weighted by Gasteiger charge is 2.01. The Morgan fingerprint density at radius 3 is 2.67 bits per heavy atom. The van der Waals surface area contributed by atoms with E-state index in [1.54, 1.807) is 6.20 Å². The number of pyridine rings is 1. The smallest absolute Gasteiger partial charge is 0.221 e. The van der Waals surface area contributed by atoms with E-state index in [0.717, 1.165) is 24.1 Å². The van der Waals surface area contributed by atoms with Gasteiger partial charge in [-0.3, -0.25) is 9.78 Å². The quantitative estimate of drug-likeness (QED) is 0.797. The molecule has 0 saturated carbocycles. The van der Waals surface area contributed by atoms with Crippen molar-refractivity contribution >= 4 is 5.91 Å². The third-order valence-corrected chi connectivity index (χ3v) is 2.24. The molecule has 1 amide bonds. The highest BCUT2D eigenvalue weighted by Crippen LogP contribution is 2.07. The van der Waals surface area contributed by atoms with Crippen LogP contribution in [0.3, 0.4) is 0 Å². The van der Waals surface area contributed by atoms with Gasteiger partial charge in [0, 0.05) is 11.9 Å². The Morgan fingerprint density at radius 2 is 2.20 bits per heavy atom. The minimum Gasteiger partial charge on any atom is -0.369 e. The van der Waals surface area contributed by atoms with Crippen LogP contribution in [-0.2, 0) is 17.6 Å². The Kier molecular flexibility index (Phi) is 4.28. The van der Waals surface area contributed by atoms with Crippen molar-refractivity contribution < 1.29 is 4.79 Å². The number of nitrogens with two attached hydrogens (primary N) is 1. The molecule has 3 heteroatoms. The first-order valence-corrected chi connectivity index (χ1v) is 5.30. The van der Waals surface area contributed by atoms with Crippen molar-refractivity contribution in [3.63, 3.8) is 0 Å². The van der Waals surface area contributed by atoms with E-state index in [1.165, 1.54) is 0 Å². The predicted octanol–water partition coefficient (Wildman–Crippen LogP) is 1.70.